The molecule has 0 heterocycles. The van der Waals surface area contributed by atoms with Gasteiger partial charge in [-0.15, -0.1) is 0 Å². The number of hydrogen-bond donors (Lipinski definition) is 0. The van der Waals surface area contributed by atoms with Crippen LogP contribution in [0.4, 0.5) is 0 Å². The lowest BCUT2D eigenvalue weighted by atomic mass is 9.91. The summed E-state index contributed by atoms with van der Waals surface area (Å²) in [7, 11) is -6.56. The third-order valence-corrected chi connectivity index (χ3v) is 10.3. The smallest absolute Gasteiger partial charge is 0.156 e. The summed E-state index contributed by atoms with van der Waals surface area (Å²) in [5.41, 5.74) is 0.340. The van der Waals surface area contributed by atoms with Crippen molar-refractivity contribution in [1.82, 2.24) is 0 Å². The number of sulfone groups is 2. The highest BCUT2D eigenvalue weighted by atomic mass is 32.2. The van der Waals surface area contributed by atoms with E-state index in [2.05, 4.69) is 20.4 Å². The molecule has 2 rings (SSSR count). The van der Waals surface area contributed by atoms with E-state index < -0.39 is 19.7 Å². The maximum absolute atomic E-state index is 12.6. The minimum absolute atomic E-state index is 0.172. The van der Waals surface area contributed by atoms with Crippen molar-refractivity contribution in [2.45, 2.75) is 75.7 Å². The molecule has 0 aromatic rings. The fourth-order valence-electron chi connectivity index (χ4n) is 4.02. The van der Waals surface area contributed by atoms with Crippen molar-refractivity contribution in [3.05, 3.63) is 12.2 Å². The van der Waals surface area contributed by atoms with Gasteiger partial charge in [-0.25, -0.2) is 16.8 Å². The zero-order chi connectivity index (χ0) is 18.0. The van der Waals surface area contributed by atoms with Crippen LogP contribution in [0.15, 0.2) is 12.2 Å². The topological polar surface area (TPSA) is 68.3 Å². The number of rotatable bonds is 6. The molecule has 0 unspecified atom stereocenters. The SMILES string of the molecule is C=C(CS(=O)(=O)C1CCC(C)CC1)CS(=O)(=O)C1CCC(C)CC1. The summed E-state index contributed by atoms with van der Waals surface area (Å²) in [6, 6.07) is 0. The fourth-order valence-corrected chi connectivity index (χ4v) is 7.95. The van der Waals surface area contributed by atoms with Crippen molar-refractivity contribution in [1.29, 1.82) is 0 Å². The van der Waals surface area contributed by atoms with E-state index in [0.29, 0.717) is 43.1 Å². The second kappa shape index (κ2) is 7.90. The Hall–Kier alpha value is -0.360. The van der Waals surface area contributed by atoms with Crippen LogP contribution in [0.1, 0.15) is 65.2 Å². The van der Waals surface area contributed by atoms with Crippen LogP contribution in [0.3, 0.4) is 0 Å². The van der Waals surface area contributed by atoms with Crippen LogP contribution in [0.25, 0.3) is 0 Å². The maximum atomic E-state index is 12.6. The third-order valence-electron chi connectivity index (χ3n) is 5.75. The van der Waals surface area contributed by atoms with Crippen LogP contribution in [0.5, 0.6) is 0 Å². The van der Waals surface area contributed by atoms with Crippen molar-refractivity contribution in [3.8, 4) is 0 Å². The summed E-state index contributed by atoms with van der Waals surface area (Å²) >= 11 is 0. The molecular weight excluding hydrogens is 344 g/mol. The van der Waals surface area contributed by atoms with E-state index in [1.165, 1.54) is 0 Å². The number of hydrogen-bond acceptors (Lipinski definition) is 4. The van der Waals surface area contributed by atoms with Gasteiger partial charge < -0.3 is 0 Å². The van der Waals surface area contributed by atoms with Gasteiger partial charge in [0.1, 0.15) is 0 Å². The molecular formula is C18H32O4S2. The van der Waals surface area contributed by atoms with Crippen LogP contribution in [-0.4, -0.2) is 38.8 Å². The molecule has 0 aromatic heterocycles. The monoisotopic (exact) mass is 376 g/mol. The highest BCUT2D eigenvalue weighted by Crippen LogP contribution is 2.31. The largest absolute Gasteiger partial charge is 0.228 e. The molecule has 0 saturated heterocycles. The van der Waals surface area contributed by atoms with Crippen molar-refractivity contribution in [2.75, 3.05) is 11.5 Å². The lowest BCUT2D eigenvalue weighted by Crippen LogP contribution is -2.32. The Labute approximate surface area is 147 Å². The van der Waals surface area contributed by atoms with E-state index in [4.69, 9.17) is 0 Å². The minimum atomic E-state index is -3.28. The van der Waals surface area contributed by atoms with E-state index in [0.717, 1.165) is 25.7 Å². The van der Waals surface area contributed by atoms with Gasteiger partial charge in [0.15, 0.2) is 19.7 Å². The average molecular weight is 377 g/mol. The fraction of sp³-hybridized carbons (Fsp3) is 0.889. The van der Waals surface area contributed by atoms with Crippen LogP contribution < -0.4 is 0 Å². The van der Waals surface area contributed by atoms with E-state index in [1.807, 2.05) is 0 Å². The van der Waals surface area contributed by atoms with Gasteiger partial charge in [-0.3, -0.25) is 0 Å². The summed E-state index contributed by atoms with van der Waals surface area (Å²) in [4.78, 5) is 0. The first kappa shape index (κ1) is 20.0. The Morgan fingerprint density at radius 3 is 1.29 bits per heavy atom. The van der Waals surface area contributed by atoms with Crippen LogP contribution >= 0.6 is 0 Å². The Balaban J connectivity index is 1.92. The van der Waals surface area contributed by atoms with Crippen molar-refractivity contribution < 1.29 is 16.8 Å². The zero-order valence-corrected chi connectivity index (χ0v) is 16.7. The molecule has 2 aliphatic carbocycles. The Bertz CT molecular complexity index is 577. The molecule has 4 nitrogen and oxygen atoms in total. The molecule has 6 heteroatoms. The van der Waals surface area contributed by atoms with Crippen LogP contribution in [0, 0.1) is 11.8 Å². The highest BCUT2D eigenvalue weighted by molar-refractivity contribution is 7.93. The average Bonchev–Trinajstić information content (AvgIpc) is 2.46. The summed E-state index contributed by atoms with van der Waals surface area (Å²) in [6.45, 7) is 8.09. The van der Waals surface area contributed by atoms with Gasteiger partial charge in [-0.2, -0.15) is 0 Å². The van der Waals surface area contributed by atoms with Crippen molar-refractivity contribution in [3.63, 3.8) is 0 Å². The van der Waals surface area contributed by atoms with Crippen molar-refractivity contribution >= 4 is 19.7 Å². The molecule has 24 heavy (non-hydrogen) atoms. The predicted molar refractivity (Wildman–Crippen MR) is 99.6 cm³/mol. The van der Waals surface area contributed by atoms with Gasteiger partial charge >= 0.3 is 0 Å². The molecule has 0 atom stereocenters. The van der Waals surface area contributed by atoms with Gasteiger partial charge in [0.05, 0.1) is 22.0 Å². The first-order valence-corrected chi connectivity index (χ1v) is 12.6. The van der Waals surface area contributed by atoms with Crippen LogP contribution in [-0.2, 0) is 19.7 Å². The lowest BCUT2D eigenvalue weighted by molar-refractivity contribution is 0.382. The molecule has 2 aliphatic rings. The highest BCUT2D eigenvalue weighted by Gasteiger charge is 2.33. The molecule has 2 fully saturated rings. The zero-order valence-electron chi connectivity index (χ0n) is 15.0. The standard InChI is InChI=1S/C18H32O4S2/c1-14-4-8-17(9-5-14)23(19,20)12-16(3)13-24(21,22)18-10-6-15(2)7-11-18/h14-15,17-18H,3-13H2,1-2H3. The molecule has 2 saturated carbocycles. The second-order valence-electron chi connectivity index (χ2n) is 8.13. The summed E-state index contributed by atoms with van der Waals surface area (Å²) < 4.78 is 50.2. The van der Waals surface area contributed by atoms with E-state index in [1.54, 1.807) is 0 Å². The summed E-state index contributed by atoms with van der Waals surface area (Å²) in [5.74, 6) is 0.838. The summed E-state index contributed by atoms with van der Waals surface area (Å²) in [5, 5.41) is -0.632. The van der Waals surface area contributed by atoms with Gasteiger partial charge in [-0.05, 0) is 68.8 Å². The Morgan fingerprint density at radius 1 is 0.708 bits per heavy atom. The van der Waals surface area contributed by atoms with E-state index in [-0.39, 0.29) is 22.0 Å². The molecule has 0 amide bonds. The van der Waals surface area contributed by atoms with Gasteiger partial charge in [0, 0.05) is 0 Å². The van der Waals surface area contributed by atoms with Gasteiger partial charge in [-0.1, -0.05) is 20.4 Å². The third kappa shape index (κ3) is 5.32. The van der Waals surface area contributed by atoms with Crippen LogP contribution in [0.2, 0.25) is 0 Å². The van der Waals surface area contributed by atoms with Gasteiger partial charge in [0.2, 0.25) is 0 Å². The van der Waals surface area contributed by atoms with Gasteiger partial charge in [0.25, 0.3) is 0 Å². The van der Waals surface area contributed by atoms with E-state index >= 15 is 0 Å². The molecule has 0 bridgehead atoms. The quantitative estimate of drug-likeness (QED) is 0.665. The molecule has 0 aliphatic heterocycles. The second-order valence-corrected chi connectivity index (χ2v) is 12.7. The van der Waals surface area contributed by atoms with E-state index in [9.17, 15) is 16.8 Å². The maximum Gasteiger partial charge on any atom is 0.156 e. The Kier molecular flexibility index (Phi) is 6.57. The minimum Gasteiger partial charge on any atom is -0.228 e. The Morgan fingerprint density at radius 2 is 1.00 bits per heavy atom. The normalized spacial score (nSPS) is 32.4. The molecule has 0 spiro atoms. The summed E-state index contributed by atoms with van der Waals surface area (Å²) in [6.07, 6.45) is 6.55. The van der Waals surface area contributed by atoms with Crippen molar-refractivity contribution in [2.24, 2.45) is 11.8 Å². The molecule has 0 aromatic carbocycles. The molecule has 0 radical (unpaired) electrons. The lowest BCUT2D eigenvalue weighted by Gasteiger charge is -2.27. The molecule has 140 valence electrons. The first-order chi connectivity index (χ1) is 11.1. The first-order valence-electron chi connectivity index (χ1n) is 9.20. The predicted octanol–water partition coefficient (Wildman–Crippen LogP) is 3.53. The molecule has 0 N–H and O–H groups in total.